The Morgan fingerprint density at radius 3 is 2.71 bits per heavy atom. The van der Waals surface area contributed by atoms with E-state index in [2.05, 4.69) is 15.3 Å². The molecule has 0 radical (unpaired) electrons. The topological polar surface area (TPSA) is 67.0 Å². The van der Waals surface area contributed by atoms with Crippen molar-refractivity contribution >= 4 is 5.95 Å². The van der Waals surface area contributed by atoms with E-state index in [1.807, 2.05) is 37.3 Å². The maximum absolute atomic E-state index is 12.2. The minimum Gasteiger partial charge on any atom is -0.385 e. The molecule has 5 heteroatoms. The number of aromatic nitrogens is 2. The van der Waals surface area contributed by atoms with Gasteiger partial charge in [-0.15, -0.1) is 0 Å². The fourth-order valence-corrected chi connectivity index (χ4v) is 2.13. The van der Waals surface area contributed by atoms with Crippen LogP contribution in [-0.2, 0) is 11.2 Å². The number of benzene rings is 1. The molecule has 0 aliphatic carbocycles. The molecule has 2 N–H and O–H groups in total. The highest BCUT2D eigenvalue weighted by atomic mass is 16.5. The predicted octanol–water partition coefficient (Wildman–Crippen LogP) is 2.12. The van der Waals surface area contributed by atoms with Gasteiger partial charge in [-0.2, -0.15) is 0 Å². The van der Waals surface area contributed by atoms with E-state index < -0.39 is 0 Å². The van der Waals surface area contributed by atoms with Crippen LogP contribution < -0.4 is 10.9 Å². The SMILES string of the molecule is COCCCNc1nc(C)c(Cc2ccccc2)c(=O)[nH]1. The molecule has 0 fully saturated rings. The maximum atomic E-state index is 12.2. The van der Waals surface area contributed by atoms with Crippen LogP contribution in [0.15, 0.2) is 35.1 Å². The summed E-state index contributed by atoms with van der Waals surface area (Å²) in [6.07, 6.45) is 1.46. The molecule has 0 aliphatic heterocycles. The minimum atomic E-state index is -0.0828. The Morgan fingerprint density at radius 1 is 1.29 bits per heavy atom. The molecule has 0 unspecified atom stereocenters. The first-order chi connectivity index (χ1) is 10.2. The van der Waals surface area contributed by atoms with Gasteiger partial charge in [0.25, 0.3) is 5.56 Å². The largest absolute Gasteiger partial charge is 0.385 e. The van der Waals surface area contributed by atoms with Crippen LogP contribution in [0, 0.1) is 6.92 Å². The third-order valence-electron chi connectivity index (χ3n) is 3.26. The summed E-state index contributed by atoms with van der Waals surface area (Å²) >= 11 is 0. The smallest absolute Gasteiger partial charge is 0.256 e. The minimum absolute atomic E-state index is 0.0828. The highest BCUT2D eigenvalue weighted by Crippen LogP contribution is 2.09. The number of H-pyrrole nitrogens is 1. The standard InChI is InChI=1S/C16H21N3O2/c1-12-14(11-13-7-4-3-5-8-13)15(20)19-16(18-12)17-9-6-10-21-2/h3-5,7-8H,6,9-11H2,1-2H3,(H2,17,18,19,20). The number of aromatic amines is 1. The Bertz CT molecular complexity index is 623. The Kier molecular flexibility index (Phi) is 5.51. The van der Waals surface area contributed by atoms with Gasteiger partial charge >= 0.3 is 0 Å². The molecule has 0 atom stereocenters. The molecule has 0 amide bonds. The Labute approximate surface area is 124 Å². The second-order valence-corrected chi connectivity index (χ2v) is 4.91. The molecule has 1 aromatic carbocycles. The lowest BCUT2D eigenvalue weighted by Crippen LogP contribution is -2.20. The third-order valence-corrected chi connectivity index (χ3v) is 3.26. The van der Waals surface area contributed by atoms with Crippen molar-refractivity contribution in [3.8, 4) is 0 Å². The van der Waals surface area contributed by atoms with Gasteiger partial charge in [-0.1, -0.05) is 30.3 Å². The summed E-state index contributed by atoms with van der Waals surface area (Å²) in [6, 6.07) is 9.92. The zero-order chi connectivity index (χ0) is 15.1. The summed E-state index contributed by atoms with van der Waals surface area (Å²) < 4.78 is 4.98. The Morgan fingerprint density at radius 2 is 2.05 bits per heavy atom. The van der Waals surface area contributed by atoms with Crippen LogP contribution in [0.5, 0.6) is 0 Å². The molecular formula is C16H21N3O2. The molecule has 0 saturated heterocycles. The molecule has 112 valence electrons. The lowest BCUT2D eigenvalue weighted by atomic mass is 10.1. The Hall–Kier alpha value is -2.14. The van der Waals surface area contributed by atoms with Gasteiger partial charge in [0, 0.05) is 32.2 Å². The maximum Gasteiger partial charge on any atom is 0.256 e. The molecule has 21 heavy (non-hydrogen) atoms. The summed E-state index contributed by atoms with van der Waals surface area (Å²) in [4.78, 5) is 19.4. The molecule has 0 aliphatic rings. The number of rotatable bonds is 7. The number of anilines is 1. The normalized spacial score (nSPS) is 10.6. The van der Waals surface area contributed by atoms with E-state index in [1.54, 1.807) is 7.11 Å². The van der Waals surface area contributed by atoms with Crippen molar-refractivity contribution < 1.29 is 4.74 Å². The fourth-order valence-electron chi connectivity index (χ4n) is 2.13. The first-order valence-electron chi connectivity index (χ1n) is 7.07. The highest BCUT2D eigenvalue weighted by molar-refractivity contribution is 5.32. The van der Waals surface area contributed by atoms with Crippen LogP contribution in [0.3, 0.4) is 0 Å². The van der Waals surface area contributed by atoms with E-state index in [0.717, 1.165) is 17.7 Å². The molecule has 2 aromatic rings. The lowest BCUT2D eigenvalue weighted by molar-refractivity contribution is 0.197. The quantitative estimate of drug-likeness (QED) is 0.765. The highest BCUT2D eigenvalue weighted by Gasteiger charge is 2.08. The number of hydrogen-bond acceptors (Lipinski definition) is 4. The third kappa shape index (κ3) is 4.43. The number of nitrogens with zero attached hydrogens (tertiary/aromatic N) is 1. The van der Waals surface area contributed by atoms with Crippen LogP contribution in [0.4, 0.5) is 5.95 Å². The van der Waals surface area contributed by atoms with Gasteiger partial charge in [-0.25, -0.2) is 4.98 Å². The monoisotopic (exact) mass is 287 g/mol. The molecular weight excluding hydrogens is 266 g/mol. The first-order valence-corrected chi connectivity index (χ1v) is 7.07. The van der Waals surface area contributed by atoms with E-state index in [-0.39, 0.29) is 5.56 Å². The summed E-state index contributed by atoms with van der Waals surface area (Å²) in [6.45, 7) is 3.27. The van der Waals surface area contributed by atoms with Gasteiger partial charge in [0.15, 0.2) is 0 Å². The summed E-state index contributed by atoms with van der Waals surface area (Å²) in [5.41, 5.74) is 2.50. The molecule has 5 nitrogen and oxygen atoms in total. The molecule has 0 saturated carbocycles. The van der Waals surface area contributed by atoms with Crippen LogP contribution in [-0.4, -0.2) is 30.2 Å². The Balaban J connectivity index is 2.08. The number of nitrogens with one attached hydrogen (secondary N) is 2. The van der Waals surface area contributed by atoms with Gasteiger partial charge in [0.1, 0.15) is 0 Å². The van der Waals surface area contributed by atoms with Gasteiger partial charge in [0.05, 0.1) is 5.69 Å². The van der Waals surface area contributed by atoms with Crippen molar-refractivity contribution in [1.82, 2.24) is 9.97 Å². The number of methoxy groups -OCH3 is 1. The van der Waals surface area contributed by atoms with E-state index >= 15 is 0 Å². The van der Waals surface area contributed by atoms with Crippen molar-refractivity contribution in [3.63, 3.8) is 0 Å². The average Bonchev–Trinajstić information content (AvgIpc) is 2.48. The molecule has 1 heterocycles. The van der Waals surface area contributed by atoms with Crippen molar-refractivity contribution in [2.24, 2.45) is 0 Å². The van der Waals surface area contributed by atoms with E-state index in [1.165, 1.54) is 0 Å². The first kappa shape index (κ1) is 15.3. The molecule has 0 bridgehead atoms. The lowest BCUT2D eigenvalue weighted by Gasteiger charge is -2.09. The molecule has 0 spiro atoms. The number of ether oxygens (including phenoxy) is 1. The van der Waals surface area contributed by atoms with Crippen LogP contribution in [0.1, 0.15) is 23.2 Å². The van der Waals surface area contributed by atoms with Crippen molar-refractivity contribution in [2.45, 2.75) is 19.8 Å². The van der Waals surface area contributed by atoms with Crippen LogP contribution >= 0.6 is 0 Å². The molecule has 1 aromatic heterocycles. The van der Waals surface area contributed by atoms with Crippen LogP contribution in [0.2, 0.25) is 0 Å². The number of hydrogen-bond donors (Lipinski definition) is 2. The number of aryl methyl sites for hydroxylation is 1. The van der Waals surface area contributed by atoms with Gasteiger partial charge in [-0.3, -0.25) is 9.78 Å². The summed E-state index contributed by atoms with van der Waals surface area (Å²) in [7, 11) is 1.67. The van der Waals surface area contributed by atoms with Crippen molar-refractivity contribution in [2.75, 3.05) is 25.6 Å². The van der Waals surface area contributed by atoms with E-state index in [0.29, 0.717) is 31.1 Å². The summed E-state index contributed by atoms with van der Waals surface area (Å²) in [5, 5.41) is 3.11. The second kappa shape index (κ2) is 7.59. The second-order valence-electron chi connectivity index (χ2n) is 4.91. The average molecular weight is 287 g/mol. The van der Waals surface area contributed by atoms with Gasteiger partial charge in [-0.05, 0) is 18.9 Å². The van der Waals surface area contributed by atoms with Crippen molar-refractivity contribution in [1.29, 1.82) is 0 Å². The molecule has 2 rings (SSSR count). The fraction of sp³-hybridized carbons (Fsp3) is 0.375. The van der Waals surface area contributed by atoms with E-state index in [4.69, 9.17) is 4.74 Å². The van der Waals surface area contributed by atoms with Crippen LogP contribution in [0.25, 0.3) is 0 Å². The summed E-state index contributed by atoms with van der Waals surface area (Å²) in [5.74, 6) is 0.519. The van der Waals surface area contributed by atoms with Gasteiger partial charge < -0.3 is 10.1 Å². The zero-order valence-corrected chi connectivity index (χ0v) is 12.5. The zero-order valence-electron chi connectivity index (χ0n) is 12.5. The van der Waals surface area contributed by atoms with E-state index in [9.17, 15) is 4.79 Å². The predicted molar refractivity (Wildman–Crippen MR) is 83.8 cm³/mol. The van der Waals surface area contributed by atoms with Crippen molar-refractivity contribution in [3.05, 3.63) is 57.5 Å². The van der Waals surface area contributed by atoms with Gasteiger partial charge in [0.2, 0.25) is 5.95 Å².